The molecule has 0 radical (unpaired) electrons. The first-order valence-corrected chi connectivity index (χ1v) is 9.83. The van der Waals surface area contributed by atoms with E-state index in [1.54, 1.807) is 28.3 Å². The van der Waals surface area contributed by atoms with Crippen molar-refractivity contribution in [1.82, 2.24) is 9.55 Å². The van der Waals surface area contributed by atoms with Gasteiger partial charge in [0.2, 0.25) is 0 Å². The van der Waals surface area contributed by atoms with Gasteiger partial charge in [-0.2, -0.15) is 8.42 Å². The fourth-order valence-electron chi connectivity index (χ4n) is 2.97. The maximum atomic E-state index is 11.2. The van der Waals surface area contributed by atoms with Crippen molar-refractivity contribution in [1.29, 1.82) is 0 Å². The lowest BCUT2D eigenvalue weighted by atomic mass is 10.0. The number of rotatable bonds is 4. The normalized spacial score (nSPS) is 12.2. The second-order valence-electron chi connectivity index (χ2n) is 5.62. The Hall–Kier alpha value is -2.22. The Kier molecular flexibility index (Phi) is 3.64. The van der Waals surface area contributed by atoms with Crippen molar-refractivity contribution in [2.24, 2.45) is 0 Å². The summed E-state index contributed by atoms with van der Waals surface area (Å²) in [4.78, 5) is 4.05. The third kappa shape index (κ3) is 2.82. The molecule has 0 aliphatic rings. The molecule has 0 aliphatic heterocycles. The molecule has 24 heavy (non-hydrogen) atoms. The van der Waals surface area contributed by atoms with Gasteiger partial charge in [0.25, 0.3) is 10.1 Å². The minimum atomic E-state index is -4.11. The van der Waals surface area contributed by atoms with E-state index in [-0.39, 0.29) is 0 Å². The molecule has 0 amide bonds. The molecule has 1 N–H and O–H groups in total. The summed E-state index contributed by atoms with van der Waals surface area (Å²) in [7, 11) is -4.11. The van der Waals surface area contributed by atoms with Gasteiger partial charge in [-0.3, -0.25) is 4.55 Å². The predicted molar refractivity (Wildman–Crippen MR) is 95.9 cm³/mol. The highest BCUT2D eigenvalue weighted by molar-refractivity contribution is 7.84. The Balaban J connectivity index is 1.83. The molecule has 0 bridgehead atoms. The van der Waals surface area contributed by atoms with Crippen LogP contribution in [0.5, 0.6) is 0 Å². The third-order valence-corrected chi connectivity index (χ3v) is 5.57. The average molecular weight is 358 g/mol. The van der Waals surface area contributed by atoms with E-state index in [1.165, 1.54) is 10.1 Å². The number of imidazole rings is 1. The fourth-order valence-corrected chi connectivity index (χ4v) is 4.51. The van der Waals surface area contributed by atoms with Gasteiger partial charge >= 0.3 is 0 Å². The van der Waals surface area contributed by atoms with Crippen LogP contribution < -0.4 is 0 Å². The van der Waals surface area contributed by atoms with Gasteiger partial charge in [-0.1, -0.05) is 24.3 Å². The van der Waals surface area contributed by atoms with E-state index in [0.29, 0.717) is 12.4 Å². The summed E-state index contributed by atoms with van der Waals surface area (Å²) in [6.07, 6.45) is 3.28. The van der Waals surface area contributed by atoms with Crippen LogP contribution in [-0.2, 0) is 22.4 Å². The molecule has 4 rings (SSSR count). The van der Waals surface area contributed by atoms with Crippen LogP contribution >= 0.6 is 11.3 Å². The van der Waals surface area contributed by atoms with Gasteiger partial charge in [0, 0.05) is 23.6 Å². The molecular weight excluding hydrogens is 344 g/mol. The highest BCUT2D eigenvalue weighted by Gasteiger charge is 2.14. The van der Waals surface area contributed by atoms with Gasteiger partial charge in [-0.25, -0.2) is 4.98 Å². The number of thiophene rings is 1. The van der Waals surface area contributed by atoms with Crippen LogP contribution in [0.1, 0.15) is 11.4 Å². The number of nitrogens with zero attached hydrogens (tertiary/aromatic N) is 2. The lowest BCUT2D eigenvalue weighted by molar-refractivity contribution is 0.479. The Morgan fingerprint density at radius 3 is 2.83 bits per heavy atom. The highest BCUT2D eigenvalue weighted by Crippen LogP contribution is 2.33. The van der Waals surface area contributed by atoms with Crippen LogP contribution in [0.2, 0.25) is 0 Å². The molecular formula is C17H14N2O3S2. The molecule has 0 spiro atoms. The second-order valence-corrected chi connectivity index (χ2v) is 7.99. The van der Waals surface area contributed by atoms with Crippen LogP contribution in [0.3, 0.4) is 0 Å². The van der Waals surface area contributed by atoms with Crippen molar-refractivity contribution in [3.05, 3.63) is 65.6 Å². The molecule has 0 aliphatic carbocycles. The summed E-state index contributed by atoms with van der Waals surface area (Å²) < 4.78 is 34.4. The van der Waals surface area contributed by atoms with Crippen LogP contribution in [0.4, 0.5) is 0 Å². The van der Waals surface area contributed by atoms with Crippen LogP contribution in [0.15, 0.2) is 54.2 Å². The van der Waals surface area contributed by atoms with Gasteiger partial charge in [0.05, 0.1) is 0 Å². The average Bonchev–Trinajstić information content (AvgIpc) is 3.16. The van der Waals surface area contributed by atoms with Gasteiger partial charge in [-0.15, -0.1) is 11.3 Å². The molecule has 122 valence electrons. The molecule has 7 heteroatoms. The number of aromatic nitrogens is 2. The molecule has 2 heterocycles. The monoisotopic (exact) mass is 358 g/mol. The van der Waals surface area contributed by atoms with Crippen molar-refractivity contribution in [3.63, 3.8) is 0 Å². The van der Waals surface area contributed by atoms with Crippen molar-refractivity contribution >= 4 is 42.3 Å². The Labute approximate surface area is 142 Å². The lowest BCUT2D eigenvalue weighted by Crippen LogP contribution is -2.10. The van der Waals surface area contributed by atoms with Gasteiger partial charge < -0.3 is 4.57 Å². The van der Waals surface area contributed by atoms with E-state index in [1.807, 2.05) is 12.1 Å². The largest absolute Gasteiger partial charge is 0.330 e. The summed E-state index contributed by atoms with van der Waals surface area (Å²) in [5.41, 5.74) is 1.10. The quantitative estimate of drug-likeness (QED) is 0.565. The van der Waals surface area contributed by atoms with Crippen molar-refractivity contribution < 1.29 is 13.0 Å². The zero-order valence-electron chi connectivity index (χ0n) is 12.6. The molecule has 0 fully saturated rings. The van der Waals surface area contributed by atoms with Crippen molar-refractivity contribution in [3.8, 4) is 0 Å². The van der Waals surface area contributed by atoms with E-state index in [0.717, 1.165) is 16.3 Å². The molecule has 4 aromatic rings. The summed E-state index contributed by atoms with van der Waals surface area (Å²) in [6, 6.07) is 12.4. The minimum absolute atomic E-state index is 0.328. The molecule has 2 aromatic carbocycles. The molecule has 0 saturated heterocycles. The summed E-state index contributed by atoms with van der Waals surface area (Å²) in [6.45, 7) is 0.503. The van der Waals surface area contributed by atoms with Crippen molar-refractivity contribution in [2.75, 3.05) is 0 Å². The number of hydrogen-bond acceptors (Lipinski definition) is 4. The molecule has 2 aromatic heterocycles. The van der Waals surface area contributed by atoms with E-state index in [4.69, 9.17) is 4.55 Å². The zero-order valence-corrected chi connectivity index (χ0v) is 14.2. The van der Waals surface area contributed by atoms with Crippen molar-refractivity contribution in [2.45, 2.75) is 12.3 Å². The second kappa shape index (κ2) is 5.70. The standard InChI is InChI=1S/C17H14N2O3S2/c20-24(21,22)11-16-18-6-7-19(16)10-13-9-12-3-1-2-4-14(12)17-15(13)5-8-23-17/h1-9H,10-11H2,(H,20,21,22). The number of benzene rings is 2. The van der Waals surface area contributed by atoms with E-state index >= 15 is 0 Å². The smallest absolute Gasteiger partial charge is 0.272 e. The molecule has 5 nitrogen and oxygen atoms in total. The first-order chi connectivity index (χ1) is 11.5. The zero-order chi connectivity index (χ0) is 16.7. The fraction of sp³-hybridized carbons (Fsp3) is 0.118. The van der Waals surface area contributed by atoms with Crippen LogP contribution in [0, 0.1) is 0 Å². The maximum absolute atomic E-state index is 11.2. The molecule has 0 atom stereocenters. The van der Waals surface area contributed by atoms with Gasteiger partial charge in [-0.05, 0) is 39.2 Å². The third-order valence-electron chi connectivity index (χ3n) is 4.00. The first kappa shape index (κ1) is 15.3. The highest BCUT2D eigenvalue weighted by atomic mass is 32.2. The van der Waals surface area contributed by atoms with E-state index < -0.39 is 15.9 Å². The molecule has 0 unspecified atom stereocenters. The SMILES string of the molecule is O=S(=O)(O)Cc1nccn1Cc1cc2ccccc2c2sccc12. The lowest BCUT2D eigenvalue weighted by Gasteiger charge is -2.10. The van der Waals surface area contributed by atoms with Crippen LogP contribution in [-0.4, -0.2) is 22.5 Å². The predicted octanol–water partition coefficient (Wildman–Crippen LogP) is 3.69. The minimum Gasteiger partial charge on any atom is -0.330 e. The summed E-state index contributed by atoms with van der Waals surface area (Å²) in [5.74, 6) is -0.158. The Morgan fingerprint density at radius 2 is 2.00 bits per heavy atom. The number of hydrogen-bond donors (Lipinski definition) is 1. The van der Waals surface area contributed by atoms with E-state index in [2.05, 4.69) is 34.6 Å². The topological polar surface area (TPSA) is 72.2 Å². The molecule has 0 saturated carbocycles. The Bertz CT molecular complexity index is 1140. The summed E-state index contributed by atoms with van der Waals surface area (Å²) in [5, 5.41) is 5.59. The maximum Gasteiger partial charge on any atom is 0.272 e. The van der Waals surface area contributed by atoms with E-state index in [9.17, 15) is 8.42 Å². The summed E-state index contributed by atoms with van der Waals surface area (Å²) >= 11 is 1.70. The Morgan fingerprint density at radius 1 is 1.17 bits per heavy atom. The number of fused-ring (bicyclic) bond motifs is 3. The first-order valence-electron chi connectivity index (χ1n) is 7.34. The van der Waals surface area contributed by atoms with Gasteiger partial charge in [0.15, 0.2) is 0 Å². The van der Waals surface area contributed by atoms with Gasteiger partial charge in [0.1, 0.15) is 11.6 Å². The van der Waals surface area contributed by atoms with Crippen LogP contribution in [0.25, 0.3) is 20.9 Å².